The highest BCUT2D eigenvalue weighted by Gasteiger charge is 2.24. The van der Waals surface area contributed by atoms with Crippen molar-refractivity contribution in [1.29, 1.82) is 0 Å². The Hall–Kier alpha value is -2.83. The molecular formula is C20H12ClFN2O2S. The molecule has 0 radical (unpaired) electrons. The van der Waals surface area contributed by atoms with Gasteiger partial charge in [-0.05, 0) is 60.3 Å². The zero-order valence-electron chi connectivity index (χ0n) is 13.8. The third kappa shape index (κ3) is 3.97. The molecule has 1 aliphatic rings. The van der Waals surface area contributed by atoms with Crippen LogP contribution >= 0.6 is 23.4 Å². The Morgan fingerprint density at radius 1 is 1.07 bits per heavy atom. The molecule has 4 rings (SSSR count). The standard InChI is InChI=1S/C20H12ClFN2O2S/c21-15-3-1-2-4-16(15)23-20-24-19(25)18(27-20)11-14-9-10-17(26-14)12-5-7-13(22)8-6-12/h1-11H,(H,23,24,25). The Morgan fingerprint density at radius 3 is 2.63 bits per heavy atom. The number of thioether (sulfide) groups is 1. The summed E-state index contributed by atoms with van der Waals surface area (Å²) in [6.45, 7) is 0. The van der Waals surface area contributed by atoms with E-state index in [4.69, 9.17) is 16.0 Å². The van der Waals surface area contributed by atoms with Gasteiger partial charge in [-0.15, -0.1) is 0 Å². The first-order valence-electron chi connectivity index (χ1n) is 7.98. The highest BCUT2D eigenvalue weighted by Crippen LogP contribution is 2.31. The number of carbonyl (C=O) groups excluding carboxylic acids is 1. The Labute approximate surface area is 163 Å². The third-order valence-electron chi connectivity index (χ3n) is 3.75. The predicted molar refractivity (Wildman–Crippen MR) is 106 cm³/mol. The van der Waals surface area contributed by atoms with Crippen molar-refractivity contribution in [2.45, 2.75) is 0 Å². The Balaban J connectivity index is 1.55. The van der Waals surface area contributed by atoms with Crippen LogP contribution in [0.2, 0.25) is 5.02 Å². The van der Waals surface area contributed by atoms with Gasteiger partial charge in [0.15, 0.2) is 5.17 Å². The molecule has 2 heterocycles. The number of benzene rings is 2. The lowest BCUT2D eigenvalue weighted by molar-refractivity contribution is -0.115. The number of rotatable bonds is 3. The molecule has 1 aliphatic heterocycles. The monoisotopic (exact) mass is 398 g/mol. The molecule has 0 bridgehead atoms. The number of furan rings is 1. The number of aliphatic imine (C=N–C) groups is 1. The second-order valence-electron chi connectivity index (χ2n) is 5.64. The topological polar surface area (TPSA) is 54.6 Å². The Kier molecular flexibility index (Phi) is 4.83. The summed E-state index contributed by atoms with van der Waals surface area (Å²) in [5.74, 6) is 0.545. The molecule has 1 saturated heterocycles. The van der Waals surface area contributed by atoms with Crippen LogP contribution in [-0.2, 0) is 4.79 Å². The van der Waals surface area contributed by atoms with Crippen LogP contribution in [0.15, 0.2) is 75.0 Å². The van der Waals surface area contributed by atoms with Gasteiger partial charge in [0, 0.05) is 11.6 Å². The van der Waals surface area contributed by atoms with Crippen molar-refractivity contribution in [3.63, 3.8) is 0 Å². The number of carbonyl (C=O) groups is 1. The number of amidine groups is 1. The third-order valence-corrected chi connectivity index (χ3v) is 4.98. The minimum absolute atomic E-state index is 0.259. The van der Waals surface area contributed by atoms with Crippen LogP contribution in [0.3, 0.4) is 0 Å². The van der Waals surface area contributed by atoms with E-state index in [2.05, 4.69) is 10.3 Å². The fraction of sp³-hybridized carbons (Fsp3) is 0. The summed E-state index contributed by atoms with van der Waals surface area (Å²) in [6, 6.07) is 16.7. The van der Waals surface area contributed by atoms with E-state index in [0.717, 1.165) is 5.56 Å². The van der Waals surface area contributed by atoms with Crippen molar-refractivity contribution in [2.24, 2.45) is 4.99 Å². The van der Waals surface area contributed by atoms with Crippen molar-refractivity contribution >= 4 is 46.2 Å². The maximum atomic E-state index is 13.0. The number of para-hydroxylation sites is 1. The molecule has 1 N–H and O–H groups in total. The van der Waals surface area contributed by atoms with Gasteiger partial charge in [0.05, 0.1) is 15.6 Å². The van der Waals surface area contributed by atoms with E-state index in [9.17, 15) is 9.18 Å². The van der Waals surface area contributed by atoms with Crippen molar-refractivity contribution in [3.05, 3.63) is 82.2 Å². The molecule has 1 aromatic heterocycles. The van der Waals surface area contributed by atoms with Gasteiger partial charge in [-0.2, -0.15) is 0 Å². The lowest BCUT2D eigenvalue weighted by atomic mass is 10.2. The molecule has 7 heteroatoms. The maximum absolute atomic E-state index is 13.0. The van der Waals surface area contributed by atoms with Gasteiger partial charge >= 0.3 is 0 Å². The smallest absolute Gasteiger partial charge is 0.264 e. The van der Waals surface area contributed by atoms with Crippen molar-refractivity contribution in [1.82, 2.24) is 5.32 Å². The minimum atomic E-state index is -0.308. The molecule has 4 nitrogen and oxygen atoms in total. The first-order valence-corrected chi connectivity index (χ1v) is 9.18. The van der Waals surface area contributed by atoms with Crippen molar-refractivity contribution in [3.8, 4) is 11.3 Å². The summed E-state index contributed by atoms with van der Waals surface area (Å²) in [7, 11) is 0. The number of nitrogens with one attached hydrogen (secondary N) is 1. The molecule has 0 unspecified atom stereocenters. The fourth-order valence-corrected chi connectivity index (χ4v) is 3.45. The second kappa shape index (κ2) is 7.42. The van der Waals surface area contributed by atoms with Gasteiger partial charge in [0.25, 0.3) is 5.91 Å². The highest BCUT2D eigenvalue weighted by atomic mass is 35.5. The SMILES string of the molecule is O=C1NC(=Nc2ccccc2Cl)SC1=Cc1ccc(-c2ccc(F)cc2)o1. The molecule has 1 amide bonds. The first-order chi connectivity index (χ1) is 13.1. The van der Waals surface area contributed by atoms with Gasteiger partial charge in [-0.3, -0.25) is 4.79 Å². The lowest BCUT2D eigenvalue weighted by Crippen LogP contribution is -2.19. The molecule has 134 valence electrons. The largest absolute Gasteiger partial charge is 0.457 e. The van der Waals surface area contributed by atoms with E-state index in [0.29, 0.717) is 32.3 Å². The first kappa shape index (κ1) is 17.6. The molecule has 0 atom stereocenters. The van der Waals surface area contributed by atoms with Gasteiger partial charge < -0.3 is 9.73 Å². The average molecular weight is 399 g/mol. The van der Waals surface area contributed by atoms with E-state index in [1.807, 2.05) is 12.1 Å². The Bertz CT molecular complexity index is 1070. The number of amides is 1. The van der Waals surface area contributed by atoms with Gasteiger partial charge in [-0.25, -0.2) is 9.38 Å². The van der Waals surface area contributed by atoms with Crippen LogP contribution < -0.4 is 5.32 Å². The molecule has 1 fully saturated rings. The van der Waals surface area contributed by atoms with E-state index in [1.54, 1.807) is 42.5 Å². The van der Waals surface area contributed by atoms with Gasteiger partial charge in [0.2, 0.25) is 0 Å². The van der Waals surface area contributed by atoms with Crippen LogP contribution in [0.25, 0.3) is 17.4 Å². The summed E-state index contributed by atoms with van der Waals surface area (Å²) in [4.78, 5) is 17.0. The number of nitrogens with zero attached hydrogens (tertiary/aromatic N) is 1. The summed E-state index contributed by atoms with van der Waals surface area (Å²) in [5, 5.41) is 3.66. The summed E-state index contributed by atoms with van der Waals surface area (Å²) >= 11 is 7.30. The number of hydrogen-bond acceptors (Lipinski definition) is 4. The van der Waals surface area contributed by atoms with Crippen molar-refractivity contribution in [2.75, 3.05) is 0 Å². The fourth-order valence-electron chi connectivity index (χ4n) is 2.46. The maximum Gasteiger partial charge on any atom is 0.264 e. The second-order valence-corrected chi connectivity index (χ2v) is 7.08. The molecule has 0 saturated carbocycles. The molecule has 0 aliphatic carbocycles. The predicted octanol–water partition coefficient (Wildman–Crippen LogP) is 5.63. The normalized spacial score (nSPS) is 16.9. The van der Waals surface area contributed by atoms with E-state index < -0.39 is 0 Å². The average Bonchev–Trinajstić information content (AvgIpc) is 3.25. The van der Waals surface area contributed by atoms with Crippen LogP contribution in [-0.4, -0.2) is 11.1 Å². The number of hydrogen-bond donors (Lipinski definition) is 1. The zero-order chi connectivity index (χ0) is 18.8. The van der Waals surface area contributed by atoms with E-state index in [-0.39, 0.29) is 11.7 Å². The molecule has 0 spiro atoms. The summed E-state index contributed by atoms with van der Waals surface area (Å²) in [5.41, 5.74) is 1.34. The number of halogens is 2. The molecule has 3 aromatic rings. The van der Waals surface area contributed by atoms with Crippen LogP contribution in [0.4, 0.5) is 10.1 Å². The van der Waals surface area contributed by atoms with Crippen LogP contribution in [0.5, 0.6) is 0 Å². The molecule has 27 heavy (non-hydrogen) atoms. The van der Waals surface area contributed by atoms with Crippen LogP contribution in [0.1, 0.15) is 5.76 Å². The highest BCUT2D eigenvalue weighted by molar-refractivity contribution is 8.18. The van der Waals surface area contributed by atoms with Gasteiger partial charge in [0.1, 0.15) is 17.3 Å². The summed E-state index contributed by atoms with van der Waals surface area (Å²) in [6.07, 6.45) is 1.64. The van der Waals surface area contributed by atoms with E-state index >= 15 is 0 Å². The minimum Gasteiger partial charge on any atom is -0.457 e. The van der Waals surface area contributed by atoms with E-state index in [1.165, 1.54) is 23.9 Å². The van der Waals surface area contributed by atoms with Crippen LogP contribution in [0, 0.1) is 5.82 Å². The zero-order valence-corrected chi connectivity index (χ0v) is 15.4. The Morgan fingerprint density at radius 2 is 1.85 bits per heavy atom. The lowest BCUT2D eigenvalue weighted by Gasteiger charge is -1.98. The quantitative estimate of drug-likeness (QED) is 0.581. The van der Waals surface area contributed by atoms with Gasteiger partial charge in [-0.1, -0.05) is 23.7 Å². The molecular weight excluding hydrogens is 387 g/mol. The molecule has 2 aromatic carbocycles. The summed E-state index contributed by atoms with van der Waals surface area (Å²) < 4.78 is 18.8. The van der Waals surface area contributed by atoms with Crippen molar-refractivity contribution < 1.29 is 13.6 Å².